The third-order valence-corrected chi connectivity index (χ3v) is 3.67. The number of hydrogen-bond acceptors (Lipinski definition) is 3. The largest absolute Gasteiger partial charge is 0.748 e. The number of rotatable bonds is 4. The maximum atomic E-state index is 10.2. The summed E-state index contributed by atoms with van der Waals surface area (Å²) in [5.41, 5.74) is 0. The molecule has 0 saturated carbocycles. The first-order chi connectivity index (χ1) is 4.71. The van der Waals surface area contributed by atoms with Crippen molar-refractivity contribution in [2.45, 2.75) is 6.42 Å². The Morgan fingerprint density at radius 2 is 1.73 bits per heavy atom. The van der Waals surface area contributed by atoms with Gasteiger partial charge in [-0.1, -0.05) is 0 Å². The fourth-order valence-corrected chi connectivity index (χ4v) is 2.53. The Labute approximate surface area is 69.3 Å². The lowest BCUT2D eigenvalue weighted by Gasteiger charge is -2.12. The smallest absolute Gasteiger partial charge is 0.0947 e. The Kier molecular flexibility index (Phi) is 3.95. The van der Waals surface area contributed by atoms with Gasteiger partial charge in [0.25, 0.3) is 0 Å². The van der Waals surface area contributed by atoms with Crippen molar-refractivity contribution < 1.29 is 13.0 Å². The van der Waals surface area contributed by atoms with E-state index in [0.717, 1.165) is 6.16 Å². The minimum atomic E-state index is -3.98. The van der Waals surface area contributed by atoms with Crippen LogP contribution in [0.5, 0.6) is 0 Å². The van der Waals surface area contributed by atoms with E-state index in [2.05, 4.69) is 20.0 Å². The van der Waals surface area contributed by atoms with Gasteiger partial charge in [0, 0.05) is 33.0 Å². The molecule has 11 heavy (non-hydrogen) atoms. The summed E-state index contributed by atoms with van der Waals surface area (Å²) in [6.07, 6.45) is 1.40. The standard InChI is InChI=1S/C6H15O3PS/c1-10(2,3)5-4-6-11(7,8)9/h4-6H2,1-3H3. The molecule has 0 aromatic carbocycles. The molecule has 0 radical (unpaired) electrons. The van der Waals surface area contributed by atoms with Crippen LogP contribution >= 0.6 is 7.26 Å². The summed E-state index contributed by atoms with van der Waals surface area (Å²) in [4.78, 5) is 0. The summed E-state index contributed by atoms with van der Waals surface area (Å²) in [6, 6.07) is 0. The lowest BCUT2D eigenvalue weighted by molar-refractivity contribution is 0.462. The van der Waals surface area contributed by atoms with Crippen molar-refractivity contribution in [3.63, 3.8) is 0 Å². The second kappa shape index (κ2) is 3.83. The molecule has 0 amide bonds. The molecule has 0 bridgehead atoms. The lowest BCUT2D eigenvalue weighted by Crippen LogP contribution is -2.07. The molecule has 0 heterocycles. The first kappa shape index (κ1) is 11.3. The maximum Gasteiger partial charge on any atom is 0.0947 e. The monoisotopic (exact) mass is 198 g/mol. The van der Waals surface area contributed by atoms with Crippen molar-refractivity contribution in [2.24, 2.45) is 0 Å². The highest BCUT2D eigenvalue weighted by Crippen LogP contribution is 2.46. The molecular formula is C6H15O3PS. The highest BCUT2D eigenvalue weighted by atomic mass is 32.2. The first-order valence-corrected chi connectivity index (χ1v) is 8.34. The molecule has 0 aliphatic carbocycles. The predicted molar refractivity (Wildman–Crippen MR) is 48.7 cm³/mol. The Balaban J connectivity index is 3.61. The summed E-state index contributed by atoms with van der Waals surface area (Å²) in [5.74, 6) is -0.204. The zero-order valence-corrected chi connectivity index (χ0v) is 8.91. The summed E-state index contributed by atoms with van der Waals surface area (Å²) < 4.78 is 30.5. The van der Waals surface area contributed by atoms with Gasteiger partial charge in [0.1, 0.15) is 0 Å². The molecule has 0 unspecified atom stereocenters. The Morgan fingerprint density at radius 1 is 1.27 bits per heavy atom. The molecule has 0 fully saturated rings. The Hall–Kier alpha value is 0.340. The van der Waals surface area contributed by atoms with Gasteiger partial charge in [0.05, 0.1) is 16.3 Å². The van der Waals surface area contributed by atoms with Crippen molar-refractivity contribution >= 4 is 17.4 Å². The normalized spacial score (nSPS) is 13.5. The van der Waals surface area contributed by atoms with Crippen molar-refractivity contribution in [3.05, 3.63) is 0 Å². The average Bonchev–Trinajstić information content (AvgIpc) is 1.55. The van der Waals surface area contributed by atoms with E-state index >= 15 is 0 Å². The van der Waals surface area contributed by atoms with Gasteiger partial charge in [-0.25, -0.2) is 8.42 Å². The Morgan fingerprint density at radius 3 is 2.00 bits per heavy atom. The van der Waals surface area contributed by atoms with Crippen LogP contribution < -0.4 is 0 Å². The van der Waals surface area contributed by atoms with Gasteiger partial charge >= 0.3 is 0 Å². The van der Waals surface area contributed by atoms with E-state index in [1.165, 1.54) is 0 Å². The molecule has 0 aromatic rings. The third-order valence-electron chi connectivity index (χ3n) is 1.22. The van der Waals surface area contributed by atoms with E-state index in [-0.39, 0.29) is 5.75 Å². The fraction of sp³-hybridized carbons (Fsp3) is 1.00. The highest BCUT2D eigenvalue weighted by Gasteiger charge is 2.16. The fourth-order valence-electron chi connectivity index (χ4n) is 0.716. The van der Waals surface area contributed by atoms with Crippen LogP contribution in [-0.2, 0) is 10.1 Å². The van der Waals surface area contributed by atoms with Crippen LogP contribution in [0, 0.1) is 0 Å². The van der Waals surface area contributed by atoms with Crippen molar-refractivity contribution in [3.8, 4) is 0 Å². The zero-order valence-electron chi connectivity index (χ0n) is 7.20. The van der Waals surface area contributed by atoms with Crippen molar-refractivity contribution in [1.29, 1.82) is 0 Å². The van der Waals surface area contributed by atoms with Crippen LogP contribution in [0.4, 0.5) is 0 Å². The van der Waals surface area contributed by atoms with Gasteiger partial charge in [-0.15, -0.1) is 0 Å². The van der Waals surface area contributed by atoms with Gasteiger partial charge in [-0.05, 0) is 6.42 Å². The van der Waals surface area contributed by atoms with E-state index in [1.807, 2.05) is 0 Å². The van der Waals surface area contributed by atoms with Gasteiger partial charge in [-0.2, -0.15) is 0 Å². The van der Waals surface area contributed by atoms with E-state index in [4.69, 9.17) is 0 Å². The third kappa shape index (κ3) is 10.3. The van der Waals surface area contributed by atoms with E-state index in [1.54, 1.807) is 0 Å². The second-order valence-electron chi connectivity index (χ2n) is 3.63. The summed E-state index contributed by atoms with van der Waals surface area (Å²) >= 11 is 0. The molecular weight excluding hydrogens is 183 g/mol. The maximum absolute atomic E-state index is 10.2. The first-order valence-electron chi connectivity index (χ1n) is 3.45. The average molecular weight is 198 g/mol. The van der Waals surface area contributed by atoms with E-state index in [9.17, 15) is 13.0 Å². The molecule has 0 saturated heterocycles. The minimum absolute atomic E-state index is 0.204. The highest BCUT2D eigenvalue weighted by molar-refractivity contribution is 7.85. The zero-order chi connectivity index (χ0) is 9.12. The van der Waals surface area contributed by atoms with Crippen LogP contribution in [0.3, 0.4) is 0 Å². The van der Waals surface area contributed by atoms with Crippen LogP contribution in [0.25, 0.3) is 0 Å². The van der Waals surface area contributed by atoms with E-state index < -0.39 is 17.4 Å². The molecule has 0 aliphatic heterocycles. The summed E-state index contributed by atoms with van der Waals surface area (Å²) in [5, 5.41) is 0. The van der Waals surface area contributed by atoms with Crippen LogP contribution in [0.2, 0.25) is 0 Å². The molecule has 5 heteroatoms. The molecule has 0 atom stereocenters. The van der Waals surface area contributed by atoms with Gasteiger partial charge < -0.3 is 4.55 Å². The topological polar surface area (TPSA) is 57.2 Å². The van der Waals surface area contributed by atoms with Gasteiger partial charge in [0.15, 0.2) is 0 Å². The molecule has 0 aromatic heterocycles. The van der Waals surface area contributed by atoms with Crippen molar-refractivity contribution in [1.82, 2.24) is 0 Å². The van der Waals surface area contributed by atoms with Gasteiger partial charge in [-0.3, -0.25) is 0 Å². The van der Waals surface area contributed by atoms with Crippen LogP contribution in [0.1, 0.15) is 6.42 Å². The molecule has 68 valence electrons. The van der Waals surface area contributed by atoms with Crippen molar-refractivity contribution in [2.75, 3.05) is 31.9 Å². The molecule has 0 aliphatic rings. The minimum Gasteiger partial charge on any atom is -0.748 e. The lowest BCUT2D eigenvalue weighted by atomic mass is 10.6. The van der Waals surface area contributed by atoms with Gasteiger partial charge in [0.2, 0.25) is 0 Å². The summed E-state index contributed by atoms with van der Waals surface area (Å²) in [7, 11) is -4.88. The molecule has 0 spiro atoms. The molecule has 0 N–H and O–H groups in total. The number of hydrogen-bond donors (Lipinski definition) is 0. The Bertz CT molecular complexity index is 202. The molecule has 3 nitrogen and oxygen atoms in total. The van der Waals surface area contributed by atoms with Crippen LogP contribution in [-0.4, -0.2) is 44.9 Å². The summed E-state index contributed by atoms with van der Waals surface area (Å²) in [6.45, 7) is 6.39. The van der Waals surface area contributed by atoms with E-state index in [0.29, 0.717) is 6.42 Å². The predicted octanol–water partition coefficient (Wildman–Crippen LogP) is 0.829. The SMILES string of the molecule is C[P+](C)(C)CCCS(=O)(=O)[O-]. The quantitative estimate of drug-likeness (QED) is 0.496. The second-order valence-corrected chi connectivity index (χ2v) is 10.2. The molecule has 0 rings (SSSR count). The van der Waals surface area contributed by atoms with Crippen LogP contribution in [0.15, 0.2) is 0 Å².